The van der Waals surface area contributed by atoms with Crippen molar-refractivity contribution in [2.24, 2.45) is 23.3 Å². The van der Waals surface area contributed by atoms with Gasteiger partial charge in [-0.1, -0.05) is 0 Å². The first kappa shape index (κ1) is 14.1. The van der Waals surface area contributed by atoms with Gasteiger partial charge in [0.05, 0.1) is 0 Å². The van der Waals surface area contributed by atoms with E-state index in [4.69, 9.17) is 19.0 Å². The summed E-state index contributed by atoms with van der Waals surface area (Å²) in [7, 11) is 9.17. The molecule has 0 aromatic carbocycles. The van der Waals surface area contributed by atoms with E-state index in [1.54, 1.807) is 0 Å². The second kappa shape index (κ2) is 6.57. The molecule has 86 valence electrons. The Morgan fingerprint density at radius 3 is 1.38 bits per heavy atom. The summed E-state index contributed by atoms with van der Waals surface area (Å²) in [5.74, 6) is 1.50. The molecule has 1 aliphatic rings. The zero-order valence-electron chi connectivity index (χ0n) is 7.10. The second-order valence-corrected chi connectivity index (χ2v) is 11.7. The molecule has 0 amide bonds. The molecule has 2 unspecified atom stereocenters. The Morgan fingerprint density at radius 2 is 1.31 bits per heavy atom. The van der Waals surface area contributed by atoms with Crippen molar-refractivity contribution in [3.05, 3.63) is 0 Å². The number of rotatable bonds is 2. The van der Waals surface area contributed by atoms with E-state index in [0.29, 0.717) is 0 Å². The third-order valence-corrected chi connectivity index (χ3v) is 2.18. The Morgan fingerprint density at radius 1 is 1.08 bits per heavy atom. The molecule has 1 rings (SSSR count). The fourth-order valence-corrected chi connectivity index (χ4v) is 1.26. The van der Waals surface area contributed by atoms with Gasteiger partial charge in [0.15, 0.2) is 0 Å². The van der Waals surface area contributed by atoms with E-state index in [-0.39, 0.29) is 0 Å². The minimum absolute atomic E-state index is 0.750. The SMILES string of the molecule is NCC1CCC1CN.[OH][Pt]([OH])([Cl])[Cl]. The van der Waals surface area contributed by atoms with E-state index in [2.05, 4.69) is 18.8 Å². The average Bonchev–Trinajstić information content (AvgIpc) is 1.83. The molecule has 13 heavy (non-hydrogen) atoms. The predicted molar refractivity (Wildman–Crippen MR) is 50.5 cm³/mol. The van der Waals surface area contributed by atoms with Crippen molar-refractivity contribution in [2.45, 2.75) is 12.8 Å². The van der Waals surface area contributed by atoms with Gasteiger partial charge in [-0.05, 0) is 37.8 Å². The first-order valence-electron chi connectivity index (χ1n) is 3.80. The van der Waals surface area contributed by atoms with Crippen LogP contribution in [0.15, 0.2) is 0 Å². The predicted octanol–water partition coefficient (Wildman–Crippen LogP) is 0.193. The van der Waals surface area contributed by atoms with E-state index >= 15 is 0 Å². The fraction of sp³-hybridized carbons (Fsp3) is 1.00. The average molecular weight is 414 g/mol. The first-order valence-corrected chi connectivity index (χ1v) is 11.5. The van der Waals surface area contributed by atoms with Gasteiger partial charge in [0.2, 0.25) is 0 Å². The van der Waals surface area contributed by atoms with Crippen molar-refractivity contribution in [1.82, 2.24) is 0 Å². The fourth-order valence-electron chi connectivity index (χ4n) is 1.26. The van der Waals surface area contributed by atoms with Crippen LogP contribution in [0, 0.1) is 11.8 Å². The molecule has 0 radical (unpaired) electrons. The monoisotopic (exact) mass is 413 g/mol. The summed E-state index contributed by atoms with van der Waals surface area (Å²) in [6, 6.07) is 0. The van der Waals surface area contributed by atoms with Gasteiger partial charge in [-0.3, -0.25) is 0 Å². The van der Waals surface area contributed by atoms with Crippen molar-refractivity contribution in [3.63, 3.8) is 0 Å². The summed E-state index contributed by atoms with van der Waals surface area (Å²) in [6.45, 7) is 1.67. The molecule has 0 saturated heterocycles. The Kier molecular flexibility index (Phi) is 7.13. The molecule has 0 aromatic rings. The Labute approximate surface area is 90.2 Å². The molecular weight excluding hydrogens is 398 g/mol. The van der Waals surface area contributed by atoms with Crippen LogP contribution in [0.4, 0.5) is 0 Å². The molecule has 7 heteroatoms. The molecule has 0 aliphatic heterocycles. The van der Waals surface area contributed by atoms with Gasteiger partial charge in [-0.25, -0.2) is 0 Å². The molecule has 0 heterocycles. The Bertz CT molecular complexity index is 125. The Balaban J connectivity index is 0.000000252. The van der Waals surface area contributed by atoms with Crippen LogP contribution in [-0.4, -0.2) is 20.6 Å². The number of halogens is 2. The van der Waals surface area contributed by atoms with Crippen LogP contribution in [0.2, 0.25) is 0 Å². The normalized spacial score (nSPS) is 28.5. The molecule has 1 aliphatic carbocycles. The zero-order chi connectivity index (χ0) is 10.5. The van der Waals surface area contributed by atoms with E-state index in [1.807, 2.05) is 0 Å². The molecule has 1 fully saturated rings. The van der Waals surface area contributed by atoms with Crippen molar-refractivity contribution in [1.29, 1.82) is 0 Å². The van der Waals surface area contributed by atoms with E-state index < -0.39 is 14.7 Å². The van der Waals surface area contributed by atoms with Crippen LogP contribution in [-0.2, 0) is 14.7 Å². The number of hydrogen-bond acceptors (Lipinski definition) is 4. The molecule has 1 saturated carbocycles. The maximum atomic E-state index is 7.79. The molecule has 0 bridgehead atoms. The summed E-state index contributed by atoms with van der Waals surface area (Å²) in [5, 5.41) is 0. The number of hydrogen-bond donors (Lipinski definition) is 4. The van der Waals surface area contributed by atoms with Crippen molar-refractivity contribution in [3.8, 4) is 0 Å². The number of nitrogens with two attached hydrogens (primary N) is 2. The summed E-state index contributed by atoms with van der Waals surface area (Å²) < 4.78 is 15.6. The van der Waals surface area contributed by atoms with Gasteiger partial charge >= 0.3 is 41.1 Å². The topological polar surface area (TPSA) is 92.5 Å². The molecule has 2 atom stereocenters. The molecule has 6 N–H and O–H groups in total. The van der Waals surface area contributed by atoms with E-state index in [1.165, 1.54) is 12.8 Å². The van der Waals surface area contributed by atoms with Gasteiger partial charge in [-0.15, -0.1) is 0 Å². The summed E-state index contributed by atoms with van der Waals surface area (Å²) in [4.78, 5) is 0. The van der Waals surface area contributed by atoms with Crippen LogP contribution < -0.4 is 11.5 Å². The summed E-state index contributed by atoms with van der Waals surface area (Å²) in [5.41, 5.74) is 10.9. The third-order valence-electron chi connectivity index (χ3n) is 2.18. The van der Waals surface area contributed by atoms with E-state index in [9.17, 15) is 0 Å². The minimum atomic E-state index is -4.00. The Hall–Kier alpha value is 1.11. The summed E-state index contributed by atoms with van der Waals surface area (Å²) >= 11 is -4.00. The van der Waals surface area contributed by atoms with Gasteiger partial charge in [0.25, 0.3) is 0 Å². The zero-order valence-corrected chi connectivity index (χ0v) is 10.9. The van der Waals surface area contributed by atoms with Crippen LogP contribution in [0.3, 0.4) is 0 Å². The maximum absolute atomic E-state index is 7.79. The quantitative estimate of drug-likeness (QED) is 0.520. The van der Waals surface area contributed by atoms with Gasteiger partial charge in [-0.2, -0.15) is 0 Å². The molecular formula is C6H16Cl2N2O2Pt. The standard InChI is InChI=1S/C6H14N2.2ClH.2H2O.Pt/c7-3-5-1-2-6(5)4-8;;;;;/h5-6H,1-4,7-8H2;2*1H;2*1H2;/q;;;;;+4/p-4. The van der Waals surface area contributed by atoms with Gasteiger partial charge in [0.1, 0.15) is 0 Å². The van der Waals surface area contributed by atoms with Crippen LogP contribution in [0.5, 0.6) is 0 Å². The van der Waals surface area contributed by atoms with Gasteiger partial charge in [0, 0.05) is 0 Å². The molecule has 0 spiro atoms. The second-order valence-electron chi connectivity index (χ2n) is 2.89. The molecule has 0 aromatic heterocycles. The third kappa shape index (κ3) is 8.13. The van der Waals surface area contributed by atoms with E-state index in [0.717, 1.165) is 24.9 Å². The summed E-state index contributed by atoms with van der Waals surface area (Å²) in [6.07, 6.45) is 2.61. The first-order chi connectivity index (χ1) is 5.88. The van der Waals surface area contributed by atoms with Crippen LogP contribution in [0.1, 0.15) is 12.8 Å². The van der Waals surface area contributed by atoms with Crippen LogP contribution in [0.25, 0.3) is 0 Å². The van der Waals surface area contributed by atoms with Gasteiger partial charge < -0.3 is 11.5 Å². The van der Waals surface area contributed by atoms with Crippen molar-refractivity contribution < 1.29 is 22.3 Å². The van der Waals surface area contributed by atoms with Crippen molar-refractivity contribution in [2.75, 3.05) is 13.1 Å². The van der Waals surface area contributed by atoms with Crippen LogP contribution >= 0.6 is 18.8 Å². The van der Waals surface area contributed by atoms with Crippen molar-refractivity contribution >= 4 is 18.8 Å². The molecule has 4 nitrogen and oxygen atoms in total.